The van der Waals surface area contributed by atoms with E-state index < -0.39 is 38.1 Å². The Morgan fingerprint density at radius 3 is 2.28 bits per heavy atom. The number of alkyl halides is 2. The highest BCUT2D eigenvalue weighted by atomic mass is 28.3. The number of carbonyl (C=O) groups excluding carboxylic acids is 2. The number of anilines is 1. The quantitative estimate of drug-likeness (QED) is 0.183. The number of aromatic nitrogens is 3. The predicted octanol–water partition coefficient (Wildman–Crippen LogP) is 7.08. The van der Waals surface area contributed by atoms with Crippen LogP contribution in [0.3, 0.4) is 0 Å². The van der Waals surface area contributed by atoms with Gasteiger partial charge >= 0.3 is 6.09 Å². The van der Waals surface area contributed by atoms with Crippen molar-refractivity contribution in [2.75, 3.05) is 11.9 Å². The number of carbonyl (C=O) groups is 2. The zero-order valence-electron chi connectivity index (χ0n) is 26.7. The second kappa shape index (κ2) is 13.0. The van der Waals surface area contributed by atoms with E-state index in [9.17, 15) is 18.4 Å². The second-order valence-electron chi connectivity index (χ2n) is 14.2. The summed E-state index contributed by atoms with van der Waals surface area (Å²) in [6, 6.07) is 1.38. The average Bonchev–Trinajstić information content (AvgIpc) is 3.80. The van der Waals surface area contributed by atoms with Gasteiger partial charge in [-0.25, -0.2) is 23.2 Å². The Balaban J connectivity index is 1.55. The summed E-state index contributed by atoms with van der Waals surface area (Å²) in [7, 11) is -1.24. The maximum Gasteiger partial charge on any atom is 0.408 e. The number of alkyl carbamates (subject to hydrolysis) is 1. The van der Waals surface area contributed by atoms with E-state index in [0.29, 0.717) is 35.4 Å². The van der Waals surface area contributed by atoms with Crippen molar-refractivity contribution in [2.45, 2.75) is 111 Å². The number of nitrogens with zero attached hydrogens (tertiary/aromatic N) is 3. The van der Waals surface area contributed by atoms with E-state index in [4.69, 9.17) is 9.47 Å². The molecule has 238 valence electrons. The van der Waals surface area contributed by atoms with Crippen LogP contribution >= 0.6 is 0 Å². The van der Waals surface area contributed by atoms with Crippen LogP contribution < -0.4 is 10.6 Å². The van der Waals surface area contributed by atoms with Crippen molar-refractivity contribution in [3.63, 3.8) is 0 Å². The number of aryl methyl sites for hydroxylation is 1. The lowest BCUT2D eigenvalue weighted by Gasteiger charge is -2.29. The number of rotatable bonds is 13. The molecule has 0 aromatic carbocycles. The molecule has 2 aromatic rings. The first-order chi connectivity index (χ1) is 20.0. The third-order valence-corrected chi connectivity index (χ3v) is 9.66. The minimum atomic E-state index is -2.81. The maximum atomic E-state index is 14.4. The Morgan fingerprint density at radius 2 is 1.74 bits per heavy atom. The fourth-order valence-corrected chi connectivity index (χ4v) is 6.29. The van der Waals surface area contributed by atoms with Crippen LogP contribution in [0.2, 0.25) is 25.7 Å². The number of pyridine rings is 1. The summed E-state index contributed by atoms with van der Waals surface area (Å²) < 4.78 is 41.9. The van der Waals surface area contributed by atoms with Gasteiger partial charge in [0, 0.05) is 43.3 Å². The molecule has 2 saturated carbocycles. The maximum absolute atomic E-state index is 14.4. The minimum Gasteiger partial charge on any atom is -0.444 e. The summed E-state index contributed by atoms with van der Waals surface area (Å²) in [6.45, 7) is 16.6. The lowest BCUT2D eigenvalue weighted by Crippen LogP contribution is -2.51. The molecule has 2 heterocycles. The van der Waals surface area contributed by atoms with Crippen molar-refractivity contribution in [1.29, 1.82) is 0 Å². The number of nitrogens with one attached hydrogen (secondary N) is 2. The van der Waals surface area contributed by atoms with Crippen molar-refractivity contribution >= 4 is 25.9 Å². The van der Waals surface area contributed by atoms with Crippen LogP contribution in [-0.2, 0) is 21.0 Å². The highest BCUT2D eigenvalue weighted by molar-refractivity contribution is 6.76. The number of hydrogen-bond acceptors (Lipinski definition) is 6. The number of ether oxygens (including phenoxy) is 2. The second-order valence-corrected chi connectivity index (χ2v) is 19.8. The van der Waals surface area contributed by atoms with Gasteiger partial charge in [0.25, 0.3) is 6.43 Å². The van der Waals surface area contributed by atoms with Gasteiger partial charge < -0.3 is 20.1 Å². The Bertz CT molecular complexity index is 1300. The monoisotopic (exact) mass is 619 g/mol. The Kier molecular flexibility index (Phi) is 10.00. The van der Waals surface area contributed by atoms with Gasteiger partial charge in [0.05, 0.1) is 5.69 Å². The first kappa shape index (κ1) is 33.0. The van der Waals surface area contributed by atoms with Gasteiger partial charge in [-0.2, -0.15) is 5.10 Å². The Morgan fingerprint density at radius 1 is 1.12 bits per heavy atom. The average molecular weight is 620 g/mol. The third-order valence-electron chi connectivity index (χ3n) is 7.96. The zero-order valence-corrected chi connectivity index (χ0v) is 27.7. The molecule has 1 atom stereocenters. The molecule has 9 nitrogen and oxygen atoms in total. The van der Waals surface area contributed by atoms with Crippen LogP contribution in [0, 0.1) is 31.6 Å². The molecule has 12 heteroatoms. The molecule has 2 N–H and O–H groups in total. The summed E-state index contributed by atoms with van der Waals surface area (Å²) in [5, 5.41) is 10.0. The smallest absolute Gasteiger partial charge is 0.408 e. The molecule has 0 spiro atoms. The zero-order chi connectivity index (χ0) is 31.7. The van der Waals surface area contributed by atoms with E-state index in [1.807, 2.05) is 6.92 Å². The van der Waals surface area contributed by atoms with Gasteiger partial charge in [0.1, 0.15) is 24.2 Å². The largest absolute Gasteiger partial charge is 0.444 e. The van der Waals surface area contributed by atoms with Crippen LogP contribution in [-0.4, -0.2) is 53.1 Å². The molecule has 2 aromatic heterocycles. The van der Waals surface area contributed by atoms with Crippen LogP contribution in [0.5, 0.6) is 0 Å². The first-order valence-corrected chi connectivity index (χ1v) is 19.0. The SMILES string of the molecule is Cc1nn(COCC[Si](C)(C)C)c(C)c1-c1cnc(NC(=O)[C@@H](NC(=O)OC(C)(C)C)C(C2CC2)C2CC2)cc1C(F)F. The van der Waals surface area contributed by atoms with E-state index in [-0.39, 0.29) is 29.6 Å². The van der Waals surface area contributed by atoms with E-state index in [1.54, 1.807) is 32.4 Å². The summed E-state index contributed by atoms with van der Waals surface area (Å²) in [6.07, 6.45) is 1.87. The van der Waals surface area contributed by atoms with Gasteiger partial charge in [-0.3, -0.25) is 4.79 Å². The normalized spacial score (nSPS) is 16.5. The third kappa shape index (κ3) is 9.07. The van der Waals surface area contributed by atoms with Crippen molar-refractivity contribution in [3.8, 4) is 11.1 Å². The molecule has 0 unspecified atom stereocenters. The molecule has 0 radical (unpaired) electrons. The Labute approximate surface area is 254 Å². The topological polar surface area (TPSA) is 107 Å². The molecule has 0 aliphatic heterocycles. The van der Waals surface area contributed by atoms with Gasteiger partial charge in [0.15, 0.2) is 0 Å². The molecular weight excluding hydrogens is 572 g/mol. The number of halogens is 2. The molecule has 4 rings (SSSR count). The highest BCUT2D eigenvalue weighted by Crippen LogP contribution is 2.51. The predicted molar refractivity (Wildman–Crippen MR) is 165 cm³/mol. The van der Waals surface area contributed by atoms with Crippen LogP contribution in [0.15, 0.2) is 12.3 Å². The lowest BCUT2D eigenvalue weighted by atomic mass is 9.88. The van der Waals surface area contributed by atoms with Gasteiger partial charge in [-0.1, -0.05) is 19.6 Å². The summed E-state index contributed by atoms with van der Waals surface area (Å²) in [5.74, 6) is 0.165. The molecule has 2 amide bonds. The number of amides is 2. The molecular formula is C31H47F2N5O4Si. The van der Waals surface area contributed by atoms with Gasteiger partial charge in [0.2, 0.25) is 5.91 Å². The fraction of sp³-hybridized carbons (Fsp3) is 0.677. The lowest BCUT2D eigenvalue weighted by molar-refractivity contribution is -0.120. The van der Waals surface area contributed by atoms with E-state index in [2.05, 4.69) is 40.4 Å². The minimum absolute atomic E-state index is 0.00256. The molecule has 0 saturated heterocycles. The summed E-state index contributed by atoms with van der Waals surface area (Å²) in [5.41, 5.74) is 1.13. The van der Waals surface area contributed by atoms with Crippen LogP contribution in [0.25, 0.3) is 11.1 Å². The first-order valence-electron chi connectivity index (χ1n) is 15.2. The molecule has 0 bridgehead atoms. The van der Waals surface area contributed by atoms with Crippen molar-refractivity contribution < 1.29 is 27.8 Å². The number of hydrogen-bond donors (Lipinski definition) is 2. The van der Waals surface area contributed by atoms with Crippen LogP contribution in [0.1, 0.15) is 69.8 Å². The highest BCUT2D eigenvalue weighted by Gasteiger charge is 2.48. The van der Waals surface area contributed by atoms with Crippen molar-refractivity contribution in [3.05, 3.63) is 29.2 Å². The Hall–Kier alpha value is -2.86. The molecule has 2 fully saturated rings. The molecule has 43 heavy (non-hydrogen) atoms. The molecule has 2 aliphatic rings. The standard InChI is InChI=1S/C31H47F2N5O4Si/c1-18-25(19(2)38(37-18)17-41-13-14-43(6,7)8)23-16-34-24(15-22(23)28(32)33)35-29(39)27(36-30(40)42-31(3,4)5)26(20-9-10-20)21-11-12-21/h15-16,20-21,26-28H,9-14,17H2,1-8H3,(H,36,40)(H,34,35,39)/t27-/m0/s1. The molecule has 2 aliphatic carbocycles. The van der Waals surface area contributed by atoms with Crippen molar-refractivity contribution in [1.82, 2.24) is 20.1 Å². The van der Waals surface area contributed by atoms with Gasteiger partial charge in [-0.15, -0.1) is 0 Å². The summed E-state index contributed by atoms with van der Waals surface area (Å²) >= 11 is 0. The summed E-state index contributed by atoms with van der Waals surface area (Å²) in [4.78, 5) is 30.7. The fourth-order valence-electron chi connectivity index (χ4n) is 5.54. The van der Waals surface area contributed by atoms with E-state index in [1.165, 1.54) is 12.3 Å². The van der Waals surface area contributed by atoms with Gasteiger partial charge in [-0.05, 0) is 90.2 Å². The van der Waals surface area contributed by atoms with E-state index in [0.717, 1.165) is 31.7 Å². The van der Waals surface area contributed by atoms with Crippen LogP contribution in [0.4, 0.5) is 19.4 Å². The van der Waals surface area contributed by atoms with Crippen molar-refractivity contribution in [2.24, 2.45) is 17.8 Å². The van der Waals surface area contributed by atoms with E-state index >= 15 is 0 Å².